The molecule has 1 aliphatic heterocycles. The second-order valence-electron chi connectivity index (χ2n) is 8.39. The van der Waals surface area contributed by atoms with Crippen LogP contribution in [0.25, 0.3) is 16.9 Å². The van der Waals surface area contributed by atoms with Gasteiger partial charge in [0.05, 0.1) is 42.2 Å². The van der Waals surface area contributed by atoms with Crippen LogP contribution >= 0.6 is 11.6 Å². The number of carbonyl (C=O) groups is 2. The van der Waals surface area contributed by atoms with Crippen LogP contribution in [0.3, 0.4) is 0 Å². The van der Waals surface area contributed by atoms with Crippen molar-refractivity contribution in [3.05, 3.63) is 65.6 Å². The fraction of sp³-hybridized carbons (Fsp3) is 0.261. The summed E-state index contributed by atoms with van der Waals surface area (Å²) in [5, 5.41) is 20.0. The van der Waals surface area contributed by atoms with Crippen LogP contribution in [0.4, 0.5) is 5.69 Å². The van der Waals surface area contributed by atoms with Gasteiger partial charge in [-0.25, -0.2) is 14.2 Å². The third kappa shape index (κ3) is 4.62. The summed E-state index contributed by atoms with van der Waals surface area (Å²) in [5.74, 6) is -0.653. The molecule has 0 saturated carbocycles. The lowest BCUT2D eigenvalue weighted by Crippen LogP contribution is -2.41. The third-order valence-corrected chi connectivity index (χ3v) is 6.49. The predicted molar refractivity (Wildman–Crippen MR) is 129 cm³/mol. The van der Waals surface area contributed by atoms with E-state index in [4.69, 9.17) is 22.1 Å². The van der Waals surface area contributed by atoms with E-state index >= 15 is 0 Å². The van der Waals surface area contributed by atoms with Crippen molar-refractivity contribution in [3.63, 3.8) is 0 Å². The smallest absolute Gasteiger partial charge is 0.328 e. The van der Waals surface area contributed by atoms with Gasteiger partial charge in [0, 0.05) is 18.5 Å². The van der Waals surface area contributed by atoms with E-state index in [2.05, 4.69) is 25.8 Å². The van der Waals surface area contributed by atoms with Gasteiger partial charge in [0.1, 0.15) is 18.1 Å². The van der Waals surface area contributed by atoms with Gasteiger partial charge >= 0.3 is 5.97 Å². The van der Waals surface area contributed by atoms with E-state index in [1.165, 1.54) is 18.1 Å². The second kappa shape index (κ2) is 9.74. The fourth-order valence-electron chi connectivity index (χ4n) is 4.24. The Morgan fingerprint density at radius 1 is 1.17 bits per heavy atom. The first-order valence-electron chi connectivity index (χ1n) is 11.1. The van der Waals surface area contributed by atoms with Gasteiger partial charge in [-0.05, 0) is 40.3 Å². The highest BCUT2D eigenvalue weighted by Gasteiger charge is 2.41. The predicted octanol–water partition coefficient (Wildman–Crippen LogP) is 1.71. The quantitative estimate of drug-likeness (QED) is 0.304. The maximum Gasteiger partial charge on any atom is 0.328 e. The maximum atomic E-state index is 13.2. The molecule has 2 aromatic carbocycles. The van der Waals surface area contributed by atoms with Crippen LogP contribution in [0.2, 0.25) is 5.02 Å². The lowest BCUT2D eigenvalue weighted by molar-refractivity contribution is -0.150. The van der Waals surface area contributed by atoms with Crippen molar-refractivity contribution >= 4 is 29.2 Å². The number of ether oxygens (including phenoxy) is 1. The molecule has 13 heteroatoms. The van der Waals surface area contributed by atoms with E-state index in [1.807, 2.05) is 30.3 Å². The molecule has 3 heterocycles. The van der Waals surface area contributed by atoms with Gasteiger partial charge in [-0.1, -0.05) is 35.0 Å². The van der Waals surface area contributed by atoms with Crippen LogP contribution in [0.5, 0.6) is 0 Å². The average molecular weight is 508 g/mol. The van der Waals surface area contributed by atoms with E-state index in [-0.39, 0.29) is 18.4 Å². The van der Waals surface area contributed by atoms with Crippen LogP contribution in [0.1, 0.15) is 18.0 Å². The molecule has 1 aliphatic rings. The molecule has 2 aromatic heterocycles. The highest BCUT2D eigenvalue weighted by atomic mass is 35.5. The number of tetrazole rings is 1. The summed E-state index contributed by atoms with van der Waals surface area (Å²) in [7, 11) is 1.31. The maximum absolute atomic E-state index is 13.2. The molecule has 0 bridgehead atoms. The molecule has 4 aromatic rings. The van der Waals surface area contributed by atoms with Crippen molar-refractivity contribution in [3.8, 4) is 16.9 Å². The van der Waals surface area contributed by atoms with Gasteiger partial charge in [-0.3, -0.25) is 4.79 Å². The van der Waals surface area contributed by atoms with Crippen LogP contribution in [-0.2, 0) is 20.7 Å². The number of anilines is 1. The summed E-state index contributed by atoms with van der Waals surface area (Å²) >= 11 is 6.14. The lowest BCUT2D eigenvalue weighted by atomic mass is 10.1. The van der Waals surface area contributed by atoms with Gasteiger partial charge in [0.25, 0.3) is 0 Å². The lowest BCUT2D eigenvalue weighted by Gasteiger charge is -2.22. The Morgan fingerprint density at radius 2 is 1.97 bits per heavy atom. The molecule has 5 rings (SSSR count). The summed E-state index contributed by atoms with van der Waals surface area (Å²) in [6.07, 6.45) is 3.75. The standard InChI is InChI=1S/C23H22ClN9O3/c1-36-23(35)21-10-17(32-12-20(27-29-32)15-4-7-19(25)18(24)9-15)11-31(21)22(34)8-14-2-5-16(6-3-14)33-13-26-28-30-33/h2-7,9,12-13,17,21H,8,10-11,25H2,1H3/t17-,21+/m1/s1. The minimum atomic E-state index is -0.716. The number of likely N-dealkylation sites (tertiary alicyclic amines) is 1. The molecule has 0 radical (unpaired) electrons. The molecule has 1 saturated heterocycles. The van der Waals surface area contributed by atoms with E-state index in [0.717, 1.165) is 16.8 Å². The van der Waals surface area contributed by atoms with Gasteiger partial charge in [-0.15, -0.1) is 10.2 Å². The third-order valence-electron chi connectivity index (χ3n) is 6.16. The fourth-order valence-corrected chi connectivity index (χ4v) is 4.42. The molecule has 1 amide bonds. The van der Waals surface area contributed by atoms with Gasteiger partial charge in [0.15, 0.2) is 0 Å². The molecule has 36 heavy (non-hydrogen) atoms. The van der Waals surface area contributed by atoms with Crippen molar-refractivity contribution in [2.24, 2.45) is 0 Å². The molecular formula is C23H22ClN9O3. The number of nitrogens with two attached hydrogens (primary N) is 1. The highest BCUT2D eigenvalue weighted by molar-refractivity contribution is 6.33. The number of carbonyl (C=O) groups excluding carboxylic acids is 2. The molecular weight excluding hydrogens is 486 g/mol. The zero-order chi connectivity index (χ0) is 25.2. The Balaban J connectivity index is 1.32. The van der Waals surface area contributed by atoms with E-state index in [0.29, 0.717) is 29.4 Å². The number of rotatable bonds is 6. The number of hydrogen-bond acceptors (Lipinski definition) is 9. The number of nitrogen functional groups attached to an aromatic ring is 1. The molecule has 2 atom stereocenters. The van der Waals surface area contributed by atoms with Crippen molar-refractivity contribution < 1.29 is 14.3 Å². The summed E-state index contributed by atoms with van der Waals surface area (Å²) in [4.78, 5) is 27.3. The average Bonchev–Trinajstić information content (AvgIpc) is 3.66. The Morgan fingerprint density at radius 3 is 2.67 bits per heavy atom. The Labute approximate surface area is 210 Å². The minimum absolute atomic E-state index is 0.128. The van der Waals surface area contributed by atoms with Gasteiger partial charge in [-0.2, -0.15) is 0 Å². The van der Waals surface area contributed by atoms with Gasteiger partial charge < -0.3 is 15.4 Å². The molecule has 2 N–H and O–H groups in total. The first kappa shape index (κ1) is 23.4. The van der Waals surface area contributed by atoms with E-state index in [1.54, 1.807) is 27.9 Å². The summed E-state index contributed by atoms with van der Waals surface area (Å²) in [5.41, 5.74) is 9.21. The molecule has 0 spiro atoms. The minimum Gasteiger partial charge on any atom is -0.467 e. The number of benzene rings is 2. The normalized spacial score (nSPS) is 17.3. The number of nitrogens with zero attached hydrogens (tertiary/aromatic N) is 8. The van der Waals surface area contributed by atoms with Crippen LogP contribution < -0.4 is 5.73 Å². The number of esters is 1. The van der Waals surface area contributed by atoms with Crippen molar-refractivity contribution in [1.29, 1.82) is 0 Å². The van der Waals surface area contributed by atoms with Crippen molar-refractivity contribution in [1.82, 2.24) is 40.1 Å². The highest BCUT2D eigenvalue weighted by Crippen LogP contribution is 2.31. The molecule has 0 aliphatic carbocycles. The van der Waals surface area contributed by atoms with E-state index in [9.17, 15) is 9.59 Å². The van der Waals surface area contributed by atoms with Crippen LogP contribution in [0.15, 0.2) is 55.0 Å². The summed E-state index contributed by atoms with van der Waals surface area (Å²) in [6.45, 7) is 0.298. The second-order valence-corrected chi connectivity index (χ2v) is 8.80. The zero-order valence-electron chi connectivity index (χ0n) is 19.2. The van der Waals surface area contributed by atoms with Gasteiger partial charge in [0.2, 0.25) is 5.91 Å². The number of halogens is 1. The van der Waals surface area contributed by atoms with Crippen LogP contribution in [-0.4, -0.2) is 71.7 Å². The topological polar surface area (TPSA) is 147 Å². The summed E-state index contributed by atoms with van der Waals surface area (Å²) in [6, 6.07) is 11.6. The molecule has 184 valence electrons. The van der Waals surface area contributed by atoms with Crippen molar-refractivity contribution in [2.75, 3.05) is 19.4 Å². The number of methoxy groups -OCH3 is 1. The Hall–Kier alpha value is -4.32. The molecule has 0 unspecified atom stereocenters. The SMILES string of the molecule is COC(=O)[C@@H]1C[C@@H](n2cc(-c3ccc(N)c(Cl)c3)nn2)CN1C(=O)Cc1ccc(-n2cnnn2)cc1. The largest absolute Gasteiger partial charge is 0.467 e. The number of hydrogen-bond donors (Lipinski definition) is 1. The zero-order valence-corrected chi connectivity index (χ0v) is 20.0. The number of amides is 1. The van der Waals surface area contributed by atoms with Crippen LogP contribution in [0, 0.1) is 0 Å². The van der Waals surface area contributed by atoms with E-state index < -0.39 is 12.0 Å². The molecule has 12 nitrogen and oxygen atoms in total. The molecule has 1 fully saturated rings. The summed E-state index contributed by atoms with van der Waals surface area (Å²) < 4.78 is 8.17. The Bertz CT molecular complexity index is 1390. The van der Waals surface area contributed by atoms with Crippen molar-refractivity contribution in [2.45, 2.75) is 24.9 Å². The monoisotopic (exact) mass is 507 g/mol. The first-order valence-corrected chi connectivity index (χ1v) is 11.5. The Kier molecular flexibility index (Phi) is 6.34. The number of aromatic nitrogens is 7. The first-order chi connectivity index (χ1) is 17.4.